The van der Waals surface area contributed by atoms with Crippen LogP contribution in [0.3, 0.4) is 0 Å². The van der Waals surface area contributed by atoms with Gasteiger partial charge in [0.2, 0.25) is 0 Å². The molecule has 0 aliphatic rings. The lowest BCUT2D eigenvalue weighted by Gasteiger charge is -2.18. The van der Waals surface area contributed by atoms with Crippen molar-refractivity contribution in [3.8, 4) is 11.5 Å². The molecule has 0 saturated heterocycles. The van der Waals surface area contributed by atoms with Crippen LogP contribution in [-0.4, -0.2) is 5.97 Å². The fourth-order valence-electron chi connectivity index (χ4n) is 2.89. The molecular weight excluding hydrogens is 457 g/mol. The molecule has 0 radical (unpaired) electrons. The third kappa shape index (κ3) is 5.27. The molecule has 0 atom stereocenters. The maximum atomic E-state index is 14.3. The van der Waals surface area contributed by atoms with E-state index in [9.17, 15) is 35.5 Å². The van der Waals surface area contributed by atoms with Crippen molar-refractivity contribution >= 4 is 5.97 Å². The van der Waals surface area contributed by atoms with Crippen molar-refractivity contribution in [3.63, 3.8) is 0 Å². The van der Waals surface area contributed by atoms with Gasteiger partial charge in [-0.25, -0.2) is 26.7 Å². The largest absolute Gasteiger partial charge is 0.429 e. The molecule has 10 heteroatoms. The van der Waals surface area contributed by atoms with Crippen LogP contribution >= 0.6 is 0 Å². The SMILES string of the molecule is CCCc1ccc(C(=O)Oc2ccc(C(F)(F)Oc3cc(F)c(F)c(F)c3)cc2)c(F)c1F. The Hall–Kier alpha value is -3.56. The summed E-state index contributed by atoms with van der Waals surface area (Å²) in [5.74, 6) is -10.3. The first-order valence-corrected chi connectivity index (χ1v) is 9.54. The van der Waals surface area contributed by atoms with E-state index in [4.69, 9.17) is 4.74 Å². The lowest BCUT2D eigenvalue weighted by atomic mass is 10.1. The van der Waals surface area contributed by atoms with Gasteiger partial charge in [0.25, 0.3) is 0 Å². The Kier molecular flexibility index (Phi) is 6.95. The van der Waals surface area contributed by atoms with Crippen LogP contribution in [0.15, 0.2) is 48.5 Å². The molecule has 0 saturated carbocycles. The molecule has 0 unspecified atom stereocenters. The number of benzene rings is 3. The van der Waals surface area contributed by atoms with E-state index in [1.807, 2.05) is 0 Å². The number of esters is 1. The van der Waals surface area contributed by atoms with E-state index in [1.54, 1.807) is 6.92 Å². The Bertz CT molecular complexity index is 1150. The number of halogens is 7. The highest BCUT2D eigenvalue weighted by Gasteiger charge is 2.35. The minimum Gasteiger partial charge on any atom is -0.429 e. The Morgan fingerprint density at radius 1 is 0.818 bits per heavy atom. The Morgan fingerprint density at radius 3 is 2.00 bits per heavy atom. The fraction of sp³-hybridized carbons (Fsp3) is 0.174. The van der Waals surface area contributed by atoms with Crippen molar-refractivity contribution in [3.05, 3.63) is 94.3 Å². The van der Waals surface area contributed by atoms with E-state index >= 15 is 0 Å². The van der Waals surface area contributed by atoms with Gasteiger partial charge in [-0.1, -0.05) is 19.4 Å². The topological polar surface area (TPSA) is 35.5 Å². The van der Waals surface area contributed by atoms with Crippen LogP contribution in [0.1, 0.15) is 34.8 Å². The maximum Gasteiger partial charge on any atom is 0.426 e. The van der Waals surface area contributed by atoms with Gasteiger partial charge in [-0.3, -0.25) is 0 Å². The predicted molar refractivity (Wildman–Crippen MR) is 103 cm³/mol. The quantitative estimate of drug-likeness (QED) is 0.167. The van der Waals surface area contributed by atoms with Gasteiger partial charge in [-0.15, -0.1) is 0 Å². The van der Waals surface area contributed by atoms with Gasteiger partial charge in [-0.05, 0) is 42.3 Å². The Labute approximate surface area is 183 Å². The van der Waals surface area contributed by atoms with Crippen LogP contribution in [0.25, 0.3) is 0 Å². The van der Waals surface area contributed by atoms with Crippen molar-refractivity contribution in [1.29, 1.82) is 0 Å². The summed E-state index contributed by atoms with van der Waals surface area (Å²) in [5.41, 5.74) is -1.38. The molecule has 0 aliphatic heterocycles. The fourth-order valence-corrected chi connectivity index (χ4v) is 2.89. The Balaban J connectivity index is 1.75. The van der Waals surface area contributed by atoms with E-state index in [1.165, 1.54) is 6.07 Å². The van der Waals surface area contributed by atoms with E-state index < -0.39 is 58.0 Å². The highest BCUT2D eigenvalue weighted by atomic mass is 19.3. The summed E-state index contributed by atoms with van der Waals surface area (Å²) in [4.78, 5) is 12.2. The second-order valence-corrected chi connectivity index (χ2v) is 6.88. The van der Waals surface area contributed by atoms with Crippen molar-refractivity contribution in [2.75, 3.05) is 0 Å². The first-order chi connectivity index (χ1) is 15.5. The van der Waals surface area contributed by atoms with Crippen molar-refractivity contribution < 1.29 is 45.0 Å². The van der Waals surface area contributed by atoms with Gasteiger partial charge < -0.3 is 9.47 Å². The van der Waals surface area contributed by atoms with Crippen LogP contribution in [-0.2, 0) is 12.5 Å². The first kappa shape index (κ1) is 24.1. The van der Waals surface area contributed by atoms with Crippen LogP contribution in [0.2, 0.25) is 0 Å². The highest BCUT2D eigenvalue weighted by Crippen LogP contribution is 2.33. The molecule has 0 spiro atoms. The summed E-state index contributed by atoms with van der Waals surface area (Å²) in [6.07, 6.45) is -3.26. The molecule has 0 amide bonds. The number of aryl methyl sites for hydroxylation is 1. The predicted octanol–water partition coefficient (Wildman–Crippen LogP) is 6.68. The number of carbonyl (C=O) groups is 1. The third-order valence-corrected chi connectivity index (χ3v) is 4.51. The average Bonchev–Trinajstić information content (AvgIpc) is 2.75. The second kappa shape index (κ2) is 9.51. The zero-order valence-corrected chi connectivity index (χ0v) is 16.9. The van der Waals surface area contributed by atoms with Gasteiger partial charge in [0.05, 0.1) is 11.1 Å². The van der Waals surface area contributed by atoms with Crippen LogP contribution in [0.5, 0.6) is 11.5 Å². The molecule has 3 rings (SSSR count). The smallest absolute Gasteiger partial charge is 0.426 e. The van der Waals surface area contributed by atoms with E-state index in [0.29, 0.717) is 6.42 Å². The van der Waals surface area contributed by atoms with Crippen LogP contribution < -0.4 is 9.47 Å². The Morgan fingerprint density at radius 2 is 1.42 bits per heavy atom. The molecule has 174 valence electrons. The van der Waals surface area contributed by atoms with Gasteiger partial charge in [-0.2, -0.15) is 8.78 Å². The standard InChI is InChI=1S/C23H15F7O3/c1-2-3-12-4-9-16(20(27)19(12)26)22(31)32-14-7-5-13(6-8-14)23(29,30)33-15-10-17(24)21(28)18(25)11-15/h4-11H,2-3H2,1H3. The highest BCUT2D eigenvalue weighted by molar-refractivity contribution is 5.91. The molecule has 0 fully saturated rings. The second-order valence-electron chi connectivity index (χ2n) is 6.88. The lowest BCUT2D eigenvalue weighted by molar-refractivity contribution is -0.185. The van der Waals surface area contributed by atoms with Crippen molar-refractivity contribution in [1.82, 2.24) is 0 Å². The van der Waals surface area contributed by atoms with Crippen molar-refractivity contribution in [2.24, 2.45) is 0 Å². The van der Waals surface area contributed by atoms with E-state index in [0.717, 1.165) is 30.3 Å². The molecule has 33 heavy (non-hydrogen) atoms. The number of carbonyl (C=O) groups excluding carboxylic acids is 1. The summed E-state index contributed by atoms with van der Waals surface area (Å²) < 4.78 is 105. The summed E-state index contributed by atoms with van der Waals surface area (Å²) >= 11 is 0. The third-order valence-electron chi connectivity index (χ3n) is 4.51. The lowest BCUT2D eigenvalue weighted by Crippen LogP contribution is -2.22. The number of alkyl halides is 2. The first-order valence-electron chi connectivity index (χ1n) is 9.54. The van der Waals surface area contributed by atoms with Gasteiger partial charge in [0.15, 0.2) is 29.1 Å². The summed E-state index contributed by atoms with van der Waals surface area (Å²) in [7, 11) is 0. The molecule has 0 bridgehead atoms. The molecule has 3 nitrogen and oxygen atoms in total. The monoisotopic (exact) mass is 472 g/mol. The van der Waals surface area contributed by atoms with Gasteiger partial charge in [0.1, 0.15) is 11.5 Å². The van der Waals surface area contributed by atoms with Crippen LogP contribution in [0, 0.1) is 29.1 Å². The summed E-state index contributed by atoms with van der Waals surface area (Å²) in [5, 5.41) is 0. The van der Waals surface area contributed by atoms with E-state index in [2.05, 4.69) is 4.74 Å². The van der Waals surface area contributed by atoms with Crippen molar-refractivity contribution in [2.45, 2.75) is 25.9 Å². The zero-order chi connectivity index (χ0) is 24.3. The number of hydrogen-bond donors (Lipinski definition) is 0. The molecule has 0 aliphatic carbocycles. The molecule has 0 heterocycles. The minimum absolute atomic E-state index is 0.0963. The maximum absolute atomic E-state index is 14.3. The normalized spacial score (nSPS) is 11.4. The summed E-state index contributed by atoms with van der Waals surface area (Å²) in [6.45, 7) is 1.77. The minimum atomic E-state index is -4.09. The number of hydrogen-bond acceptors (Lipinski definition) is 3. The molecule has 3 aromatic rings. The molecule has 0 N–H and O–H groups in total. The molecule has 0 aromatic heterocycles. The van der Waals surface area contributed by atoms with Gasteiger partial charge >= 0.3 is 12.1 Å². The molecular formula is C23H15F7O3. The zero-order valence-electron chi connectivity index (χ0n) is 16.9. The van der Waals surface area contributed by atoms with Crippen LogP contribution in [0.4, 0.5) is 30.7 Å². The van der Waals surface area contributed by atoms with E-state index in [-0.39, 0.29) is 29.9 Å². The number of ether oxygens (including phenoxy) is 2. The average molecular weight is 472 g/mol. The summed E-state index contributed by atoms with van der Waals surface area (Å²) in [6, 6.07) is 6.22. The molecule has 3 aromatic carbocycles. The number of rotatable bonds is 7. The van der Waals surface area contributed by atoms with Gasteiger partial charge in [0, 0.05) is 12.1 Å².